The molecule has 0 bridgehead atoms. The van der Waals surface area contributed by atoms with Crippen molar-refractivity contribution in [1.29, 1.82) is 0 Å². The number of ether oxygens (including phenoxy) is 4. The van der Waals surface area contributed by atoms with E-state index in [1.807, 2.05) is 36.4 Å². The van der Waals surface area contributed by atoms with Gasteiger partial charge in [0.25, 0.3) is 11.6 Å². The van der Waals surface area contributed by atoms with Gasteiger partial charge in [0.15, 0.2) is 18.1 Å². The molecular weight excluding hydrogens is 456 g/mol. The number of fused-ring (bicyclic) bond motifs is 1. The first-order chi connectivity index (χ1) is 16.8. The molecule has 0 fully saturated rings. The van der Waals surface area contributed by atoms with E-state index >= 15 is 0 Å². The van der Waals surface area contributed by atoms with Gasteiger partial charge in [0.2, 0.25) is 0 Å². The topological polar surface area (TPSA) is 117 Å². The Bertz CT molecular complexity index is 1260. The van der Waals surface area contributed by atoms with E-state index in [1.165, 1.54) is 18.1 Å². The summed E-state index contributed by atoms with van der Waals surface area (Å²) >= 11 is 0. The van der Waals surface area contributed by atoms with Crippen molar-refractivity contribution in [3.8, 4) is 17.2 Å². The van der Waals surface area contributed by atoms with Gasteiger partial charge in [0, 0.05) is 19.7 Å². The SMILES string of the molecule is CCOc1cc(C(=O)OCC(=O)N(C)Cc2ccc3cc(OC)ccc3c2)c([N+](=O)[O-])cc1OC. The molecule has 0 aliphatic carbocycles. The minimum Gasteiger partial charge on any atom is -0.497 e. The standard InChI is InChI=1S/C25H26N2O8/c1-5-34-23-12-20(21(27(30)31)13-22(23)33-4)25(29)35-15-24(28)26(2)14-16-6-7-18-11-19(32-3)9-8-17(18)10-16/h6-13H,5,14-15H2,1-4H3. The average molecular weight is 482 g/mol. The van der Waals surface area contributed by atoms with Crippen LogP contribution in [0.5, 0.6) is 17.2 Å². The molecular formula is C25H26N2O8. The van der Waals surface area contributed by atoms with E-state index in [0.29, 0.717) is 0 Å². The fourth-order valence-corrected chi connectivity index (χ4v) is 3.47. The van der Waals surface area contributed by atoms with Crippen LogP contribution in [-0.4, -0.2) is 56.2 Å². The van der Waals surface area contributed by atoms with Crippen molar-refractivity contribution in [3.05, 3.63) is 69.8 Å². The maximum Gasteiger partial charge on any atom is 0.345 e. The van der Waals surface area contributed by atoms with Gasteiger partial charge in [-0.05, 0) is 41.5 Å². The van der Waals surface area contributed by atoms with Gasteiger partial charge < -0.3 is 23.8 Å². The first-order valence-electron chi connectivity index (χ1n) is 10.7. The third-order valence-electron chi connectivity index (χ3n) is 5.28. The summed E-state index contributed by atoms with van der Waals surface area (Å²) in [6.45, 7) is 1.69. The molecule has 0 N–H and O–H groups in total. The third-order valence-corrected chi connectivity index (χ3v) is 5.28. The lowest BCUT2D eigenvalue weighted by molar-refractivity contribution is -0.385. The molecule has 10 heteroatoms. The van der Waals surface area contributed by atoms with E-state index in [1.54, 1.807) is 21.1 Å². The van der Waals surface area contributed by atoms with Crippen molar-refractivity contribution >= 4 is 28.3 Å². The van der Waals surface area contributed by atoms with Gasteiger partial charge in [-0.1, -0.05) is 18.2 Å². The zero-order valence-electron chi connectivity index (χ0n) is 19.9. The molecule has 3 rings (SSSR count). The predicted octanol–water partition coefficient (Wildman–Crippen LogP) is 3.98. The quantitative estimate of drug-likeness (QED) is 0.242. The molecule has 184 valence electrons. The Kier molecular flexibility index (Phi) is 8.08. The Labute approximate surface area is 202 Å². The second-order valence-corrected chi connectivity index (χ2v) is 7.58. The van der Waals surface area contributed by atoms with Crippen LogP contribution in [0.2, 0.25) is 0 Å². The molecule has 0 heterocycles. The summed E-state index contributed by atoms with van der Waals surface area (Å²) < 4.78 is 20.8. The van der Waals surface area contributed by atoms with Crippen molar-refractivity contribution in [2.75, 3.05) is 34.5 Å². The zero-order chi connectivity index (χ0) is 25.5. The fourth-order valence-electron chi connectivity index (χ4n) is 3.47. The normalized spacial score (nSPS) is 10.5. The van der Waals surface area contributed by atoms with Crippen molar-refractivity contribution in [2.45, 2.75) is 13.5 Å². The molecule has 0 atom stereocenters. The molecule has 0 radical (unpaired) electrons. The van der Waals surface area contributed by atoms with E-state index in [9.17, 15) is 19.7 Å². The van der Waals surface area contributed by atoms with Gasteiger partial charge in [0.1, 0.15) is 11.3 Å². The van der Waals surface area contributed by atoms with Gasteiger partial charge >= 0.3 is 5.97 Å². The molecule has 3 aromatic rings. The second-order valence-electron chi connectivity index (χ2n) is 7.58. The lowest BCUT2D eigenvalue weighted by Crippen LogP contribution is -2.30. The molecule has 0 aliphatic heterocycles. The molecule has 0 saturated heterocycles. The molecule has 10 nitrogen and oxygen atoms in total. The lowest BCUT2D eigenvalue weighted by atomic mass is 10.1. The number of carbonyl (C=O) groups is 2. The first-order valence-corrected chi connectivity index (χ1v) is 10.7. The van der Waals surface area contributed by atoms with Crippen molar-refractivity contribution in [3.63, 3.8) is 0 Å². The Morgan fingerprint density at radius 1 is 0.971 bits per heavy atom. The van der Waals surface area contributed by atoms with E-state index < -0.39 is 29.1 Å². The van der Waals surface area contributed by atoms with E-state index in [2.05, 4.69) is 0 Å². The minimum atomic E-state index is -1.01. The Hall–Kier alpha value is -4.34. The summed E-state index contributed by atoms with van der Waals surface area (Å²) in [7, 11) is 4.52. The van der Waals surface area contributed by atoms with E-state index in [0.717, 1.165) is 28.2 Å². The van der Waals surface area contributed by atoms with Crippen LogP contribution in [0.4, 0.5) is 5.69 Å². The van der Waals surface area contributed by atoms with Crippen molar-refractivity contribution < 1.29 is 33.5 Å². The average Bonchev–Trinajstić information content (AvgIpc) is 2.86. The highest BCUT2D eigenvalue weighted by atomic mass is 16.6. The number of carbonyl (C=O) groups excluding carboxylic acids is 2. The number of methoxy groups -OCH3 is 2. The molecule has 0 spiro atoms. The van der Waals surface area contributed by atoms with Gasteiger partial charge in [-0.25, -0.2) is 4.79 Å². The Morgan fingerprint density at radius 2 is 1.69 bits per heavy atom. The summed E-state index contributed by atoms with van der Waals surface area (Å²) in [5.74, 6) is -0.453. The summed E-state index contributed by atoms with van der Waals surface area (Å²) in [6.07, 6.45) is 0. The number of hydrogen-bond donors (Lipinski definition) is 0. The number of nitro benzene ring substituents is 1. The number of benzene rings is 3. The third kappa shape index (κ3) is 5.97. The molecule has 0 aliphatic rings. The first kappa shape index (κ1) is 25.3. The van der Waals surface area contributed by atoms with Gasteiger partial charge in [-0.3, -0.25) is 14.9 Å². The number of nitrogens with zero attached hydrogens (tertiary/aromatic N) is 2. The van der Waals surface area contributed by atoms with Crippen LogP contribution in [-0.2, 0) is 16.1 Å². The van der Waals surface area contributed by atoms with Gasteiger partial charge in [0.05, 0.1) is 31.8 Å². The number of likely N-dealkylation sites (N-methyl/N-ethyl adjacent to an activating group) is 1. The number of nitro groups is 1. The van der Waals surface area contributed by atoms with Gasteiger partial charge in [-0.2, -0.15) is 0 Å². The zero-order valence-corrected chi connectivity index (χ0v) is 19.9. The van der Waals surface area contributed by atoms with Gasteiger partial charge in [-0.15, -0.1) is 0 Å². The molecule has 35 heavy (non-hydrogen) atoms. The largest absolute Gasteiger partial charge is 0.497 e. The van der Waals surface area contributed by atoms with Crippen LogP contribution in [0.25, 0.3) is 10.8 Å². The summed E-state index contributed by atoms with van der Waals surface area (Å²) in [4.78, 5) is 37.3. The summed E-state index contributed by atoms with van der Waals surface area (Å²) in [5.41, 5.74) is 0.0422. The number of hydrogen-bond acceptors (Lipinski definition) is 8. The minimum absolute atomic E-state index is 0.111. The van der Waals surface area contributed by atoms with Crippen LogP contribution in [0.3, 0.4) is 0 Å². The Balaban J connectivity index is 1.68. The van der Waals surface area contributed by atoms with Crippen LogP contribution in [0, 0.1) is 10.1 Å². The molecule has 0 unspecified atom stereocenters. The predicted molar refractivity (Wildman–Crippen MR) is 128 cm³/mol. The van der Waals surface area contributed by atoms with Crippen molar-refractivity contribution in [2.24, 2.45) is 0 Å². The van der Waals surface area contributed by atoms with Crippen LogP contribution in [0.15, 0.2) is 48.5 Å². The van der Waals surface area contributed by atoms with E-state index in [4.69, 9.17) is 18.9 Å². The highest BCUT2D eigenvalue weighted by Crippen LogP contribution is 2.35. The summed E-state index contributed by atoms with van der Waals surface area (Å²) in [6, 6.07) is 13.8. The Morgan fingerprint density at radius 3 is 2.34 bits per heavy atom. The van der Waals surface area contributed by atoms with Crippen LogP contribution in [0.1, 0.15) is 22.8 Å². The number of esters is 1. The number of amides is 1. The van der Waals surface area contributed by atoms with E-state index in [-0.39, 0.29) is 30.2 Å². The van der Waals surface area contributed by atoms with Crippen molar-refractivity contribution in [1.82, 2.24) is 4.90 Å². The maximum absolute atomic E-state index is 12.6. The van der Waals surface area contributed by atoms with Crippen LogP contribution < -0.4 is 14.2 Å². The lowest BCUT2D eigenvalue weighted by Gasteiger charge is -2.18. The highest BCUT2D eigenvalue weighted by Gasteiger charge is 2.26. The highest BCUT2D eigenvalue weighted by molar-refractivity contribution is 5.96. The monoisotopic (exact) mass is 482 g/mol. The maximum atomic E-state index is 12.6. The summed E-state index contributed by atoms with van der Waals surface area (Å²) in [5, 5.41) is 13.5. The molecule has 0 aromatic heterocycles. The second kappa shape index (κ2) is 11.2. The molecule has 0 saturated carbocycles. The van der Waals surface area contributed by atoms with Crippen LogP contribution >= 0.6 is 0 Å². The molecule has 1 amide bonds. The smallest absolute Gasteiger partial charge is 0.345 e. The molecule has 3 aromatic carbocycles. The number of rotatable bonds is 10. The fraction of sp³-hybridized carbons (Fsp3) is 0.280.